The molecule has 0 spiro atoms. The van der Waals surface area contributed by atoms with Crippen molar-refractivity contribution in [2.75, 3.05) is 12.8 Å². The van der Waals surface area contributed by atoms with Crippen molar-refractivity contribution in [3.63, 3.8) is 0 Å². The number of carbonyl (C=O) groups is 1. The third-order valence-electron chi connectivity index (χ3n) is 2.12. The van der Waals surface area contributed by atoms with E-state index in [2.05, 4.69) is 20.9 Å². The van der Waals surface area contributed by atoms with Crippen molar-refractivity contribution in [1.82, 2.24) is 4.98 Å². The van der Waals surface area contributed by atoms with E-state index in [1.54, 1.807) is 12.1 Å². The molecule has 0 aliphatic carbocycles. The molecule has 2 rings (SSSR count). The Hall–Kier alpha value is -1.60. The van der Waals surface area contributed by atoms with Gasteiger partial charge in [-0.1, -0.05) is 11.3 Å². The van der Waals surface area contributed by atoms with Crippen molar-refractivity contribution in [3.05, 3.63) is 28.4 Å². The number of anilines is 1. The molecule has 5 nitrogen and oxygen atoms in total. The van der Waals surface area contributed by atoms with Gasteiger partial charge in [-0.25, -0.2) is 4.98 Å². The summed E-state index contributed by atoms with van der Waals surface area (Å²) < 4.78 is 11.4. The third-order valence-corrected chi connectivity index (χ3v) is 3.51. The average molecular weight is 329 g/mol. The summed E-state index contributed by atoms with van der Waals surface area (Å²) in [6, 6.07) is 3.26. The maximum absolute atomic E-state index is 10.8. The molecule has 0 bridgehead atoms. The Morgan fingerprint density at radius 2 is 2.22 bits per heavy atom. The largest absolute Gasteiger partial charge is 0.493 e. The Morgan fingerprint density at radius 3 is 2.78 bits per heavy atom. The van der Waals surface area contributed by atoms with E-state index < -0.39 is 0 Å². The number of aldehydes is 1. The number of rotatable bonds is 4. The van der Waals surface area contributed by atoms with Crippen LogP contribution in [0.2, 0.25) is 0 Å². The first-order valence-electron chi connectivity index (χ1n) is 4.86. The van der Waals surface area contributed by atoms with Crippen LogP contribution in [0.5, 0.6) is 16.6 Å². The zero-order chi connectivity index (χ0) is 13.1. The lowest BCUT2D eigenvalue weighted by Crippen LogP contribution is -1.92. The first-order chi connectivity index (χ1) is 8.63. The number of nitrogen functional groups attached to an aromatic ring is 1. The second kappa shape index (κ2) is 5.36. The van der Waals surface area contributed by atoms with Crippen molar-refractivity contribution in [1.29, 1.82) is 0 Å². The SMILES string of the molecule is COc1cc(C=O)c(Br)cc1Oc1cnc(N)s1. The Morgan fingerprint density at radius 1 is 1.44 bits per heavy atom. The highest BCUT2D eigenvalue weighted by molar-refractivity contribution is 9.10. The van der Waals surface area contributed by atoms with E-state index in [1.807, 2.05) is 0 Å². The Bertz CT molecular complexity index is 586. The van der Waals surface area contributed by atoms with E-state index in [0.29, 0.717) is 31.7 Å². The van der Waals surface area contributed by atoms with E-state index >= 15 is 0 Å². The average Bonchev–Trinajstić information content (AvgIpc) is 2.75. The molecule has 0 saturated heterocycles. The summed E-state index contributed by atoms with van der Waals surface area (Å²) in [5.41, 5.74) is 6.01. The fraction of sp³-hybridized carbons (Fsp3) is 0.0909. The number of aromatic nitrogens is 1. The maximum Gasteiger partial charge on any atom is 0.202 e. The van der Waals surface area contributed by atoms with Gasteiger partial charge in [0.2, 0.25) is 5.06 Å². The molecule has 1 heterocycles. The lowest BCUT2D eigenvalue weighted by atomic mass is 10.2. The van der Waals surface area contributed by atoms with Crippen LogP contribution in [0.4, 0.5) is 5.13 Å². The number of hydrogen-bond donors (Lipinski definition) is 1. The van der Waals surface area contributed by atoms with Crippen molar-refractivity contribution in [3.8, 4) is 16.6 Å². The normalized spacial score (nSPS) is 10.1. The molecule has 0 aliphatic rings. The number of benzene rings is 1. The van der Waals surface area contributed by atoms with Gasteiger partial charge in [0.05, 0.1) is 13.3 Å². The van der Waals surface area contributed by atoms with E-state index in [9.17, 15) is 4.79 Å². The Kier molecular flexibility index (Phi) is 3.83. The highest BCUT2D eigenvalue weighted by Gasteiger charge is 2.12. The predicted molar refractivity (Wildman–Crippen MR) is 72.7 cm³/mol. The molecule has 94 valence electrons. The van der Waals surface area contributed by atoms with Crippen molar-refractivity contribution in [2.24, 2.45) is 0 Å². The van der Waals surface area contributed by atoms with Gasteiger partial charge in [0.1, 0.15) is 0 Å². The lowest BCUT2D eigenvalue weighted by molar-refractivity contribution is 0.112. The van der Waals surface area contributed by atoms with Gasteiger partial charge in [-0.05, 0) is 28.1 Å². The summed E-state index contributed by atoms with van der Waals surface area (Å²) in [5.74, 6) is 0.950. The van der Waals surface area contributed by atoms with Gasteiger partial charge < -0.3 is 15.2 Å². The molecule has 7 heteroatoms. The van der Waals surface area contributed by atoms with Gasteiger partial charge in [0.15, 0.2) is 22.9 Å². The number of nitrogens with two attached hydrogens (primary N) is 1. The van der Waals surface area contributed by atoms with Crippen LogP contribution in [0.25, 0.3) is 0 Å². The molecular weight excluding hydrogens is 320 g/mol. The van der Waals surface area contributed by atoms with Gasteiger partial charge in [-0.15, -0.1) is 0 Å². The molecule has 0 saturated carbocycles. The van der Waals surface area contributed by atoms with Crippen LogP contribution >= 0.6 is 27.3 Å². The second-order valence-electron chi connectivity index (χ2n) is 3.26. The van der Waals surface area contributed by atoms with Crippen molar-refractivity contribution < 1.29 is 14.3 Å². The van der Waals surface area contributed by atoms with Crippen LogP contribution in [-0.2, 0) is 0 Å². The van der Waals surface area contributed by atoms with Gasteiger partial charge in [0, 0.05) is 10.0 Å². The van der Waals surface area contributed by atoms with Crippen molar-refractivity contribution in [2.45, 2.75) is 0 Å². The first-order valence-corrected chi connectivity index (χ1v) is 6.47. The fourth-order valence-corrected chi connectivity index (χ4v) is 2.27. The molecule has 2 aromatic rings. The monoisotopic (exact) mass is 328 g/mol. The van der Waals surface area contributed by atoms with Crippen LogP contribution in [0.1, 0.15) is 10.4 Å². The number of methoxy groups -OCH3 is 1. The summed E-state index contributed by atoms with van der Waals surface area (Å²) in [7, 11) is 1.51. The molecule has 1 aromatic carbocycles. The van der Waals surface area contributed by atoms with Crippen LogP contribution < -0.4 is 15.2 Å². The lowest BCUT2D eigenvalue weighted by Gasteiger charge is -2.10. The van der Waals surface area contributed by atoms with E-state index in [1.165, 1.54) is 24.6 Å². The third kappa shape index (κ3) is 2.62. The van der Waals surface area contributed by atoms with E-state index in [4.69, 9.17) is 15.2 Å². The van der Waals surface area contributed by atoms with E-state index in [-0.39, 0.29) is 0 Å². The molecule has 0 aliphatic heterocycles. The van der Waals surface area contributed by atoms with Crippen LogP contribution in [0.15, 0.2) is 22.8 Å². The quantitative estimate of drug-likeness (QED) is 0.873. The number of nitrogens with zero attached hydrogens (tertiary/aromatic N) is 1. The number of ether oxygens (including phenoxy) is 2. The predicted octanol–water partition coefficient (Wildman–Crippen LogP) is 3.10. The summed E-state index contributed by atoms with van der Waals surface area (Å²) in [5, 5.41) is 0.976. The van der Waals surface area contributed by atoms with Crippen LogP contribution in [0.3, 0.4) is 0 Å². The highest BCUT2D eigenvalue weighted by atomic mass is 79.9. The number of halogens is 1. The smallest absolute Gasteiger partial charge is 0.202 e. The van der Waals surface area contributed by atoms with E-state index in [0.717, 1.165) is 6.29 Å². The van der Waals surface area contributed by atoms with Gasteiger partial charge in [-0.3, -0.25) is 4.79 Å². The summed E-state index contributed by atoms with van der Waals surface area (Å²) in [6.07, 6.45) is 2.27. The number of carbonyl (C=O) groups excluding carboxylic acids is 1. The standard InChI is InChI=1S/C11H9BrN2O3S/c1-16-8-2-6(5-15)7(12)3-9(8)17-10-4-14-11(13)18-10/h2-5H,1H3,(H2,13,14). The molecular formula is C11H9BrN2O3S. The highest BCUT2D eigenvalue weighted by Crippen LogP contribution is 2.37. The molecule has 1 aromatic heterocycles. The van der Waals surface area contributed by atoms with Crippen LogP contribution in [-0.4, -0.2) is 18.4 Å². The fourth-order valence-electron chi connectivity index (χ4n) is 1.31. The minimum Gasteiger partial charge on any atom is -0.493 e. The zero-order valence-electron chi connectivity index (χ0n) is 9.34. The second-order valence-corrected chi connectivity index (χ2v) is 5.14. The molecule has 0 amide bonds. The first kappa shape index (κ1) is 12.8. The molecule has 0 fully saturated rings. The van der Waals surface area contributed by atoms with Crippen molar-refractivity contribution >= 4 is 38.7 Å². The Balaban J connectivity index is 2.37. The molecule has 18 heavy (non-hydrogen) atoms. The summed E-state index contributed by atoms with van der Waals surface area (Å²) in [4.78, 5) is 14.7. The zero-order valence-corrected chi connectivity index (χ0v) is 11.7. The topological polar surface area (TPSA) is 74.4 Å². The molecule has 0 radical (unpaired) electrons. The maximum atomic E-state index is 10.8. The molecule has 0 unspecified atom stereocenters. The van der Waals surface area contributed by atoms with Gasteiger partial charge >= 0.3 is 0 Å². The molecule has 2 N–H and O–H groups in total. The van der Waals surface area contributed by atoms with Crippen LogP contribution in [0, 0.1) is 0 Å². The summed E-state index contributed by atoms with van der Waals surface area (Å²) in [6.45, 7) is 0. The van der Waals surface area contributed by atoms with Gasteiger partial charge in [0.25, 0.3) is 0 Å². The number of hydrogen-bond acceptors (Lipinski definition) is 6. The van der Waals surface area contributed by atoms with Gasteiger partial charge in [-0.2, -0.15) is 0 Å². The summed E-state index contributed by atoms with van der Waals surface area (Å²) >= 11 is 4.51. The minimum atomic E-state index is 0.424. The molecule has 0 atom stereocenters. The Labute approximate surface area is 116 Å². The minimum absolute atomic E-state index is 0.424. The number of thiazole rings is 1.